The van der Waals surface area contributed by atoms with Crippen LogP contribution in [0.25, 0.3) is 0 Å². The van der Waals surface area contributed by atoms with E-state index in [1.54, 1.807) is 36.4 Å². The van der Waals surface area contributed by atoms with Crippen molar-refractivity contribution in [3.05, 3.63) is 69.1 Å². The first-order valence-electron chi connectivity index (χ1n) is 7.79. The van der Waals surface area contributed by atoms with E-state index in [9.17, 15) is 14.4 Å². The molecule has 0 bridgehead atoms. The van der Waals surface area contributed by atoms with E-state index in [4.69, 9.17) is 0 Å². The van der Waals surface area contributed by atoms with Crippen LogP contribution in [-0.2, 0) is 4.79 Å². The Morgan fingerprint density at radius 3 is 2.50 bits per heavy atom. The second-order valence-corrected chi connectivity index (χ2v) is 6.28. The Morgan fingerprint density at radius 1 is 1.17 bits per heavy atom. The maximum atomic E-state index is 12.8. The normalized spacial score (nSPS) is 11.8. The molecule has 0 saturated carbocycles. The third-order valence-corrected chi connectivity index (χ3v) is 4.11. The van der Waals surface area contributed by atoms with Crippen molar-refractivity contribution in [1.82, 2.24) is 9.88 Å². The van der Waals surface area contributed by atoms with E-state index in [2.05, 4.69) is 21.2 Å². The van der Waals surface area contributed by atoms with Crippen LogP contribution in [0.4, 0.5) is 0 Å². The molecule has 0 saturated heterocycles. The van der Waals surface area contributed by atoms with E-state index in [0.717, 1.165) is 17.3 Å². The molecule has 0 unspecified atom stereocenters. The zero-order chi connectivity index (χ0) is 17.5. The van der Waals surface area contributed by atoms with Crippen LogP contribution in [0, 0.1) is 0 Å². The Balaban J connectivity index is 2.37. The van der Waals surface area contributed by atoms with Crippen molar-refractivity contribution in [2.24, 2.45) is 0 Å². The van der Waals surface area contributed by atoms with Gasteiger partial charge in [0.15, 0.2) is 11.8 Å². The summed E-state index contributed by atoms with van der Waals surface area (Å²) in [4.78, 5) is 37.5. The van der Waals surface area contributed by atoms with Crippen molar-refractivity contribution in [3.8, 4) is 0 Å². The SMILES string of the molecule is CCCCNC(=O)[C@@H](C(=O)c1ccc(Br)cc1)n1ccccc1=O. The van der Waals surface area contributed by atoms with Gasteiger partial charge in [-0.1, -0.05) is 47.5 Å². The number of nitrogens with zero attached hydrogens (tertiary/aromatic N) is 1. The van der Waals surface area contributed by atoms with Crippen molar-refractivity contribution in [3.63, 3.8) is 0 Å². The van der Waals surface area contributed by atoms with E-state index in [1.165, 1.54) is 16.8 Å². The molecule has 24 heavy (non-hydrogen) atoms. The van der Waals surface area contributed by atoms with Gasteiger partial charge in [0, 0.05) is 28.8 Å². The number of nitrogens with one attached hydrogen (secondary N) is 1. The number of ketones is 1. The molecular formula is C18H19BrN2O3. The Labute approximate surface area is 148 Å². The summed E-state index contributed by atoms with van der Waals surface area (Å²) in [6.45, 7) is 2.49. The van der Waals surface area contributed by atoms with E-state index in [0.29, 0.717) is 12.1 Å². The summed E-state index contributed by atoms with van der Waals surface area (Å²) in [7, 11) is 0. The molecule has 0 radical (unpaired) electrons. The van der Waals surface area contributed by atoms with Crippen LogP contribution in [0.15, 0.2) is 57.9 Å². The standard InChI is InChI=1S/C18H19BrN2O3/c1-2-3-11-20-18(24)16(21-12-5-4-6-15(21)22)17(23)13-7-9-14(19)10-8-13/h4-10,12,16H,2-3,11H2,1H3,(H,20,24)/t16-/m1/s1. The Bertz CT molecular complexity index is 768. The van der Waals surface area contributed by atoms with E-state index < -0.39 is 23.3 Å². The predicted molar refractivity (Wildman–Crippen MR) is 96.1 cm³/mol. The molecule has 1 heterocycles. The number of aromatic nitrogens is 1. The quantitative estimate of drug-likeness (QED) is 0.448. The second-order valence-electron chi connectivity index (χ2n) is 5.36. The van der Waals surface area contributed by atoms with Crippen LogP contribution in [0.2, 0.25) is 0 Å². The average molecular weight is 391 g/mol. The van der Waals surface area contributed by atoms with Gasteiger partial charge in [-0.3, -0.25) is 19.0 Å². The lowest BCUT2D eigenvalue weighted by molar-refractivity contribution is -0.123. The van der Waals surface area contributed by atoms with Gasteiger partial charge in [0.2, 0.25) is 0 Å². The smallest absolute Gasteiger partial charge is 0.251 e. The zero-order valence-corrected chi connectivity index (χ0v) is 15.0. The summed E-state index contributed by atoms with van der Waals surface area (Å²) in [5, 5.41) is 2.74. The number of carbonyl (C=O) groups is 2. The Morgan fingerprint density at radius 2 is 1.88 bits per heavy atom. The fourth-order valence-electron chi connectivity index (χ4n) is 2.28. The molecule has 0 fully saturated rings. The lowest BCUT2D eigenvalue weighted by Gasteiger charge is -2.18. The van der Waals surface area contributed by atoms with Crippen molar-refractivity contribution < 1.29 is 9.59 Å². The maximum absolute atomic E-state index is 12.8. The van der Waals surface area contributed by atoms with Gasteiger partial charge in [-0.25, -0.2) is 0 Å². The molecule has 0 aliphatic heterocycles. The first-order chi connectivity index (χ1) is 11.5. The summed E-state index contributed by atoms with van der Waals surface area (Å²) in [5.41, 5.74) is -0.0109. The molecule has 6 heteroatoms. The van der Waals surface area contributed by atoms with Crippen molar-refractivity contribution >= 4 is 27.6 Å². The first-order valence-corrected chi connectivity index (χ1v) is 8.58. The minimum atomic E-state index is -1.21. The molecule has 126 valence electrons. The van der Waals surface area contributed by atoms with Gasteiger partial charge in [0.1, 0.15) is 0 Å². The molecule has 2 rings (SSSR count). The fraction of sp³-hybridized carbons (Fsp3) is 0.278. The third-order valence-electron chi connectivity index (χ3n) is 3.58. The predicted octanol–water partition coefficient (Wildman–Crippen LogP) is 2.95. The number of Topliss-reactive ketones (excluding diaryl/α,β-unsaturated/α-hetero) is 1. The number of benzene rings is 1. The van der Waals surface area contributed by atoms with Gasteiger partial charge in [-0.05, 0) is 24.6 Å². The largest absolute Gasteiger partial charge is 0.354 e. The Kier molecular flexibility index (Phi) is 6.49. The number of hydrogen-bond donors (Lipinski definition) is 1. The second kappa shape index (κ2) is 8.59. The molecule has 1 aromatic carbocycles. The lowest BCUT2D eigenvalue weighted by atomic mass is 10.0. The minimum Gasteiger partial charge on any atom is -0.354 e. The zero-order valence-electron chi connectivity index (χ0n) is 13.4. The molecule has 1 aromatic heterocycles. The number of hydrogen-bond acceptors (Lipinski definition) is 3. The van der Waals surface area contributed by atoms with Gasteiger partial charge in [0.25, 0.3) is 11.5 Å². The summed E-state index contributed by atoms with van der Waals surface area (Å²) < 4.78 is 2.01. The van der Waals surface area contributed by atoms with Gasteiger partial charge in [-0.2, -0.15) is 0 Å². The number of amides is 1. The summed E-state index contributed by atoms with van der Waals surface area (Å²) in [6.07, 6.45) is 3.20. The lowest BCUT2D eigenvalue weighted by Crippen LogP contribution is -2.41. The molecule has 1 N–H and O–H groups in total. The number of halogens is 1. The summed E-state index contributed by atoms with van der Waals surface area (Å²) in [5.74, 6) is -0.880. The summed E-state index contributed by atoms with van der Waals surface area (Å²) >= 11 is 3.31. The molecule has 5 nitrogen and oxygen atoms in total. The van der Waals surface area contributed by atoms with Crippen LogP contribution < -0.4 is 10.9 Å². The monoisotopic (exact) mass is 390 g/mol. The van der Waals surface area contributed by atoms with Crippen LogP contribution in [0.5, 0.6) is 0 Å². The van der Waals surface area contributed by atoms with Gasteiger partial charge in [-0.15, -0.1) is 0 Å². The van der Waals surface area contributed by atoms with E-state index in [1.807, 2.05) is 6.92 Å². The highest BCUT2D eigenvalue weighted by Crippen LogP contribution is 2.17. The van der Waals surface area contributed by atoms with Crippen LogP contribution in [0.1, 0.15) is 36.2 Å². The molecule has 1 amide bonds. The topological polar surface area (TPSA) is 68.2 Å². The minimum absolute atomic E-state index is 0.379. The first kappa shape index (κ1) is 18.1. The number of unbranched alkanes of at least 4 members (excludes halogenated alkanes) is 1. The van der Waals surface area contributed by atoms with Crippen molar-refractivity contribution in [2.75, 3.05) is 6.54 Å². The fourth-order valence-corrected chi connectivity index (χ4v) is 2.55. The van der Waals surface area contributed by atoms with Crippen LogP contribution in [-0.4, -0.2) is 22.8 Å². The van der Waals surface area contributed by atoms with Gasteiger partial charge in [0.05, 0.1) is 0 Å². The molecular weight excluding hydrogens is 372 g/mol. The summed E-state index contributed by atoms with van der Waals surface area (Å²) in [6, 6.07) is 10.1. The molecule has 0 spiro atoms. The van der Waals surface area contributed by atoms with Crippen molar-refractivity contribution in [2.45, 2.75) is 25.8 Å². The van der Waals surface area contributed by atoms with E-state index in [-0.39, 0.29) is 0 Å². The number of rotatable bonds is 7. The van der Waals surface area contributed by atoms with Crippen molar-refractivity contribution in [1.29, 1.82) is 0 Å². The average Bonchev–Trinajstić information content (AvgIpc) is 2.57. The molecule has 0 aliphatic rings. The van der Waals surface area contributed by atoms with E-state index >= 15 is 0 Å². The van der Waals surface area contributed by atoms with Gasteiger partial charge < -0.3 is 5.32 Å². The maximum Gasteiger partial charge on any atom is 0.251 e. The van der Waals surface area contributed by atoms with Crippen LogP contribution >= 0.6 is 15.9 Å². The highest BCUT2D eigenvalue weighted by Gasteiger charge is 2.29. The molecule has 0 aliphatic carbocycles. The number of pyridine rings is 1. The highest BCUT2D eigenvalue weighted by atomic mass is 79.9. The highest BCUT2D eigenvalue weighted by molar-refractivity contribution is 9.10. The molecule has 1 atom stereocenters. The molecule has 2 aromatic rings. The Hall–Kier alpha value is -2.21. The third kappa shape index (κ3) is 4.41. The van der Waals surface area contributed by atoms with Gasteiger partial charge >= 0.3 is 0 Å². The van der Waals surface area contributed by atoms with Crippen LogP contribution in [0.3, 0.4) is 0 Å². The number of carbonyl (C=O) groups excluding carboxylic acids is 2.